The van der Waals surface area contributed by atoms with Crippen molar-refractivity contribution in [3.8, 4) is 22.9 Å². The van der Waals surface area contributed by atoms with Crippen LogP contribution in [0.1, 0.15) is 42.5 Å². The Hall–Kier alpha value is -3.82. The molecule has 0 bridgehead atoms. The smallest absolute Gasteiger partial charge is 0.433 e. The number of pyridine rings is 1. The molecule has 0 fully saturated rings. The Morgan fingerprint density at radius 2 is 1.93 bits per heavy atom. The number of nitriles is 1. The predicted octanol–water partition coefficient (Wildman–Crippen LogP) is 6.07. The van der Waals surface area contributed by atoms with Gasteiger partial charge in [-0.05, 0) is 49.4 Å². The molecule has 1 aliphatic rings. The third-order valence-corrected chi connectivity index (χ3v) is 8.46. The van der Waals surface area contributed by atoms with Gasteiger partial charge in [-0.15, -0.1) is 0 Å². The average molecular weight is 594 g/mol. The SMILES string of the molecule is N#Cc1cc(C(F)(F)F)ncc1-c1cc(S(=O)(=O)N2CCCCc3ccccc32)c(OCCCC(=O)O)cc1Cl. The lowest BCUT2D eigenvalue weighted by molar-refractivity contribution is -0.141. The minimum absolute atomic E-state index is 0.0287. The molecule has 0 radical (unpaired) electrons. The predicted molar refractivity (Wildman–Crippen MR) is 141 cm³/mol. The highest BCUT2D eigenvalue weighted by Gasteiger charge is 2.35. The van der Waals surface area contributed by atoms with E-state index in [4.69, 9.17) is 21.4 Å². The maximum absolute atomic E-state index is 14.2. The number of anilines is 1. The Morgan fingerprint density at radius 1 is 1.18 bits per heavy atom. The van der Waals surface area contributed by atoms with E-state index in [1.807, 2.05) is 12.1 Å². The maximum atomic E-state index is 14.2. The van der Waals surface area contributed by atoms with Crippen LogP contribution in [-0.4, -0.2) is 37.6 Å². The minimum atomic E-state index is -4.80. The zero-order chi connectivity index (χ0) is 29.1. The molecule has 0 spiro atoms. The molecule has 2 aromatic carbocycles. The van der Waals surface area contributed by atoms with Gasteiger partial charge in [0.15, 0.2) is 0 Å². The van der Waals surface area contributed by atoms with E-state index in [-0.39, 0.29) is 52.8 Å². The topological polar surface area (TPSA) is 121 Å². The fourth-order valence-electron chi connectivity index (χ4n) is 4.40. The largest absolute Gasteiger partial charge is 0.492 e. The molecule has 0 saturated heterocycles. The molecule has 1 N–H and O–H groups in total. The van der Waals surface area contributed by atoms with Crippen molar-refractivity contribution in [2.24, 2.45) is 0 Å². The first-order chi connectivity index (χ1) is 18.9. The number of carboxylic acids is 1. The summed E-state index contributed by atoms with van der Waals surface area (Å²) < 4.78 is 74.9. The third kappa shape index (κ3) is 6.16. The van der Waals surface area contributed by atoms with Crippen LogP contribution in [0, 0.1) is 11.3 Å². The van der Waals surface area contributed by atoms with Crippen molar-refractivity contribution < 1.29 is 36.2 Å². The van der Waals surface area contributed by atoms with Crippen LogP contribution in [0.5, 0.6) is 5.75 Å². The Morgan fingerprint density at radius 3 is 2.62 bits per heavy atom. The first-order valence-corrected chi connectivity index (χ1v) is 14.0. The van der Waals surface area contributed by atoms with Gasteiger partial charge in [0.25, 0.3) is 10.0 Å². The van der Waals surface area contributed by atoms with Crippen LogP contribution in [0.2, 0.25) is 5.02 Å². The van der Waals surface area contributed by atoms with E-state index in [1.54, 1.807) is 18.2 Å². The lowest BCUT2D eigenvalue weighted by Gasteiger charge is -2.26. The van der Waals surface area contributed by atoms with Crippen molar-refractivity contribution >= 4 is 33.3 Å². The number of ether oxygens (including phenoxy) is 1. The number of aryl methyl sites for hydroxylation is 1. The van der Waals surface area contributed by atoms with Crippen molar-refractivity contribution in [3.05, 3.63) is 70.5 Å². The molecule has 0 amide bonds. The third-order valence-electron chi connectivity index (χ3n) is 6.32. The highest BCUT2D eigenvalue weighted by Crippen LogP contribution is 2.41. The fourth-order valence-corrected chi connectivity index (χ4v) is 6.34. The van der Waals surface area contributed by atoms with Gasteiger partial charge in [0, 0.05) is 36.4 Å². The summed E-state index contributed by atoms with van der Waals surface area (Å²) in [6.45, 7) is 0.0351. The number of alkyl halides is 3. The molecule has 0 atom stereocenters. The number of hydrogen-bond donors (Lipinski definition) is 1. The molecule has 13 heteroatoms. The molecular weight excluding hydrogens is 571 g/mol. The van der Waals surface area contributed by atoms with E-state index in [2.05, 4.69) is 4.98 Å². The second-order valence-corrected chi connectivity index (χ2v) is 11.3. The monoisotopic (exact) mass is 593 g/mol. The summed E-state index contributed by atoms with van der Waals surface area (Å²) in [5.74, 6) is -1.20. The number of para-hydroxylation sites is 1. The number of sulfonamides is 1. The summed E-state index contributed by atoms with van der Waals surface area (Å²) in [6, 6.07) is 11.7. The van der Waals surface area contributed by atoms with Crippen LogP contribution in [0.25, 0.3) is 11.1 Å². The maximum Gasteiger partial charge on any atom is 0.433 e. The molecule has 1 aromatic heterocycles. The van der Waals surface area contributed by atoms with Crippen molar-refractivity contribution in [3.63, 3.8) is 0 Å². The summed E-state index contributed by atoms with van der Waals surface area (Å²) in [4.78, 5) is 14.0. The van der Waals surface area contributed by atoms with Crippen LogP contribution >= 0.6 is 11.6 Å². The molecule has 2 heterocycles. The first kappa shape index (κ1) is 29.2. The number of rotatable bonds is 8. The Bertz CT molecular complexity index is 1590. The molecule has 8 nitrogen and oxygen atoms in total. The van der Waals surface area contributed by atoms with Crippen molar-refractivity contribution in [2.45, 2.75) is 43.2 Å². The molecule has 0 saturated carbocycles. The van der Waals surface area contributed by atoms with E-state index in [9.17, 15) is 31.6 Å². The zero-order valence-electron chi connectivity index (χ0n) is 20.9. The van der Waals surface area contributed by atoms with Crippen LogP contribution in [0.15, 0.2) is 53.6 Å². The van der Waals surface area contributed by atoms with Crippen molar-refractivity contribution in [1.29, 1.82) is 5.26 Å². The van der Waals surface area contributed by atoms with Crippen LogP contribution < -0.4 is 9.04 Å². The summed E-state index contributed by atoms with van der Waals surface area (Å²) >= 11 is 6.46. The molecule has 40 heavy (non-hydrogen) atoms. The number of benzene rings is 2. The fraction of sp³-hybridized carbons (Fsp3) is 0.296. The summed E-state index contributed by atoms with van der Waals surface area (Å²) in [5, 5.41) is 18.4. The number of halogens is 4. The number of aromatic nitrogens is 1. The van der Waals surface area contributed by atoms with Gasteiger partial charge in [-0.1, -0.05) is 29.8 Å². The van der Waals surface area contributed by atoms with E-state index in [1.165, 1.54) is 10.4 Å². The van der Waals surface area contributed by atoms with Gasteiger partial charge in [0.1, 0.15) is 16.3 Å². The van der Waals surface area contributed by atoms with Gasteiger partial charge in [0.2, 0.25) is 0 Å². The average Bonchev–Trinajstić information content (AvgIpc) is 3.13. The van der Waals surface area contributed by atoms with E-state index >= 15 is 0 Å². The van der Waals surface area contributed by atoms with Gasteiger partial charge < -0.3 is 9.84 Å². The lowest BCUT2D eigenvalue weighted by atomic mass is 10.0. The molecule has 1 aliphatic heterocycles. The Labute approximate surface area is 233 Å². The molecule has 0 unspecified atom stereocenters. The second-order valence-electron chi connectivity index (χ2n) is 9.01. The first-order valence-electron chi connectivity index (χ1n) is 12.2. The van der Waals surface area contributed by atoms with E-state index in [0.29, 0.717) is 24.6 Å². The second kappa shape index (κ2) is 11.7. The number of nitrogens with zero attached hydrogens (tertiary/aromatic N) is 3. The standard InChI is InChI=1S/C27H23ClF3N3O5S/c28-21-14-23(39-11-5-9-26(35)36)24(13-19(21)20-16-33-25(27(29,30)31)12-18(20)15-32)40(37,38)34-10-4-3-7-17-6-1-2-8-22(17)34/h1-2,6,8,12-14,16H,3-5,7,9-11H2,(H,35,36). The zero-order valence-corrected chi connectivity index (χ0v) is 22.5. The van der Waals surface area contributed by atoms with Crippen molar-refractivity contribution in [2.75, 3.05) is 17.5 Å². The Balaban J connectivity index is 1.88. The molecule has 3 aromatic rings. The number of carbonyl (C=O) groups is 1. The highest BCUT2D eigenvalue weighted by molar-refractivity contribution is 7.93. The van der Waals surface area contributed by atoms with Crippen LogP contribution in [0.3, 0.4) is 0 Å². The molecular formula is C27H23ClF3N3O5S. The quantitative estimate of drug-likeness (QED) is 0.315. The van der Waals surface area contributed by atoms with Crippen molar-refractivity contribution in [1.82, 2.24) is 4.98 Å². The molecule has 4 rings (SSSR count). The van der Waals surface area contributed by atoms with Gasteiger partial charge in [0.05, 0.1) is 28.9 Å². The van der Waals surface area contributed by atoms with Gasteiger partial charge in [-0.3, -0.25) is 14.1 Å². The molecule has 0 aliphatic carbocycles. The number of fused-ring (bicyclic) bond motifs is 1. The van der Waals surface area contributed by atoms with E-state index in [0.717, 1.165) is 24.2 Å². The van der Waals surface area contributed by atoms with Crippen LogP contribution in [-0.2, 0) is 27.4 Å². The van der Waals surface area contributed by atoms with Gasteiger partial charge in [-0.2, -0.15) is 18.4 Å². The minimum Gasteiger partial charge on any atom is -0.492 e. The van der Waals surface area contributed by atoms with Crippen LogP contribution in [0.4, 0.5) is 18.9 Å². The number of hydrogen-bond acceptors (Lipinski definition) is 6. The summed E-state index contributed by atoms with van der Waals surface area (Å²) in [5.41, 5.74) is -0.480. The summed E-state index contributed by atoms with van der Waals surface area (Å²) in [6.07, 6.45) is -2.09. The Kier molecular flexibility index (Phi) is 8.56. The highest BCUT2D eigenvalue weighted by atomic mass is 35.5. The normalized spacial score (nSPS) is 13.7. The molecule has 210 valence electrons. The van der Waals surface area contributed by atoms with Gasteiger partial charge in [-0.25, -0.2) is 8.42 Å². The van der Waals surface area contributed by atoms with Gasteiger partial charge >= 0.3 is 12.1 Å². The number of aliphatic carboxylic acids is 1. The van der Waals surface area contributed by atoms with E-state index < -0.39 is 33.4 Å². The summed E-state index contributed by atoms with van der Waals surface area (Å²) in [7, 11) is -4.33. The number of carboxylic acid groups (broad SMARTS) is 1. The lowest BCUT2D eigenvalue weighted by Crippen LogP contribution is -2.32.